The summed E-state index contributed by atoms with van der Waals surface area (Å²) in [7, 11) is -2.07. The third-order valence-corrected chi connectivity index (χ3v) is 4.24. The van der Waals surface area contributed by atoms with E-state index >= 15 is 0 Å². The number of benzene rings is 2. The molecule has 1 N–H and O–H groups in total. The van der Waals surface area contributed by atoms with Crippen LogP contribution in [-0.4, -0.2) is 21.6 Å². The van der Waals surface area contributed by atoms with Gasteiger partial charge in [0.15, 0.2) is 0 Å². The number of rotatable bonds is 4. The number of sulfonamides is 1. The van der Waals surface area contributed by atoms with Crippen molar-refractivity contribution in [2.45, 2.75) is 24.8 Å². The second kappa shape index (κ2) is 5.19. The minimum atomic E-state index is -3.48. The lowest BCUT2D eigenvalue weighted by molar-refractivity contribution is 0.245. The molecular weight excluding hydrogens is 262 g/mol. The first-order valence-electron chi connectivity index (χ1n) is 6.07. The molecule has 4 nitrogen and oxygen atoms in total. The summed E-state index contributed by atoms with van der Waals surface area (Å²) in [5.74, 6) is 0.695. The normalized spacial score (nSPS) is 12.0. The van der Waals surface area contributed by atoms with E-state index in [4.69, 9.17) is 4.74 Å². The van der Waals surface area contributed by atoms with E-state index in [9.17, 15) is 8.42 Å². The topological polar surface area (TPSA) is 55.4 Å². The molecule has 0 radical (unpaired) electrons. The van der Waals surface area contributed by atoms with Gasteiger partial charge in [0.2, 0.25) is 10.0 Å². The summed E-state index contributed by atoms with van der Waals surface area (Å²) >= 11 is 0. The van der Waals surface area contributed by atoms with Gasteiger partial charge in [-0.05, 0) is 33.0 Å². The van der Waals surface area contributed by atoms with Crippen molar-refractivity contribution in [1.82, 2.24) is 4.72 Å². The summed E-state index contributed by atoms with van der Waals surface area (Å²) in [6.07, 6.45) is 0.0372. The first-order chi connectivity index (χ1) is 8.95. The summed E-state index contributed by atoms with van der Waals surface area (Å²) in [5.41, 5.74) is 0. The Kier molecular flexibility index (Phi) is 3.78. The van der Waals surface area contributed by atoms with E-state index < -0.39 is 10.0 Å². The van der Waals surface area contributed by atoms with Gasteiger partial charge < -0.3 is 4.74 Å². The van der Waals surface area contributed by atoms with Crippen molar-refractivity contribution in [3.05, 3.63) is 36.4 Å². The quantitative estimate of drug-likeness (QED) is 0.935. The second-order valence-electron chi connectivity index (χ2n) is 4.48. The minimum absolute atomic E-state index is 0.0372. The zero-order valence-electron chi connectivity index (χ0n) is 11.2. The minimum Gasteiger partial charge on any atom is -0.490 e. The molecular formula is C14H17NO3S. The molecule has 0 unspecified atom stereocenters. The van der Waals surface area contributed by atoms with Gasteiger partial charge in [-0.3, -0.25) is 0 Å². The smallest absolute Gasteiger partial charge is 0.240 e. The van der Waals surface area contributed by atoms with Crippen LogP contribution >= 0.6 is 0 Å². The van der Waals surface area contributed by atoms with Crippen LogP contribution in [0.1, 0.15) is 13.8 Å². The summed E-state index contributed by atoms with van der Waals surface area (Å²) in [6.45, 7) is 3.88. The molecule has 0 saturated carbocycles. The molecule has 2 rings (SSSR count). The lowest BCUT2D eigenvalue weighted by Gasteiger charge is -2.14. The van der Waals surface area contributed by atoms with Gasteiger partial charge in [0.1, 0.15) is 5.75 Å². The third-order valence-electron chi connectivity index (χ3n) is 2.76. The Morgan fingerprint density at radius 3 is 2.26 bits per heavy atom. The molecule has 0 atom stereocenters. The second-order valence-corrected chi connectivity index (χ2v) is 6.34. The zero-order valence-corrected chi connectivity index (χ0v) is 12.0. The Balaban J connectivity index is 2.72. The van der Waals surface area contributed by atoms with E-state index in [2.05, 4.69) is 4.72 Å². The van der Waals surface area contributed by atoms with Crippen LogP contribution in [0.25, 0.3) is 10.8 Å². The number of nitrogens with one attached hydrogen (secondary N) is 1. The molecule has 0 amide bonds. The molecule has 0 saturated heterocycles. The Bertz CT molecular complexity index is 693. The molecule has 0 aromatic heterocycles. The van der Waals surface area contributed by atoms with Crippen LogP contribution in [0.4, 0.5) is 0 Å². The highest BCUT2D eigenvalue weighted by molar-refractivity contribution is 7.89. The average Bonchev–Trinajstić information content (AvgIpc) is 2.38. The molecule has 102 valence electrons. The van der Waals surface area contributed by atoms with Crippen molar-refractivity contribution in [3.8, 4) is 5.75 Å². The van der Waals surface area contributed by atoms with Crippen LogP contribution in [0.5, 0.6) is 5.75 Å². The predicted molar refractivity (Wildman–Crippen MR) is 76.0 cm³/mol. The molecule has 0 aliphatic carbocycles. The fourth-order valence-corrected chi connectivity index (χ4v) is 2.88. The maximum absolute atomic E-state index is 12.0. The van der Waals surface area contributed by atoms with Crippen molar-refractivity contribution < 1.29 is 13.2 Å². The van der Waals surface area contributed by atoms with Gasteiger partial charge in [-0.15, -0.1) is 0 Å². The number of ether oxygens (including phenoxy) is 1. The van der Waals surface area contributed by atoms with E-state index in [-0.39, 0.29) is 11.0 Å². The maximum atomic E-state index is 12.0. The molecule has 0 aliphatic heterocycles. The molecule has 2 aromatic carbocycles. The standard InChI is InChI=1S/C14H17NO3S/c1-10(2)18-13-8-9-14(19(16,17)15-3)12-7-5-4-6-11(12)13/h4-10,15H,1-3H3. The Morgan fingerprint density at radius 2 is 1.68 bits per heavy atom. The molecule has 2 aromatic rings. The molecule has 0 spiro atoms. The number of fused-ring (bicyclic) bond motifs is 1. The van der Waals surface area contributed by atoms with Crippen LogP contribution in [0.15, 0.2) is 41.3 Å². The van der Waals surface area contributed by atoms with Gasteiger partial charge >= 0.3 is 0 Å². The molecule has 19 heavy (non-hydrogen) atoms. The largest absolute Gasteiger partial charge is 0.490 e. The number of hydrogen-bond donors (Lipinski definition) is 1. The van der Waals surface area contributed by atoms with Crippen LogP contribution in [-0.2, 0) is 10.0 Å². The molecule has 0 heterocycles. The first-order valence-corrected chi connectivity index (χ1v) is 7.56. The number of hydrogen-bond acceptors (Lipinski definition) is 3. The highest BCUT2D eigenvalue weighted by Gasteiger charge is 2.17. The van der Waals surface area contributed by atoms with Gasteiger partial charge in [-0.1, -0.05) is 24.3 Å². The zero-order chi connectivity index (χ0) is 14.0. The SMILES string of the molecule is CNS(=O)(=O)c1ccc(OC(C)C)c2ccccc12. The summed E-state index contributed by atoms with van der Waals surface area (Å²) in [6, 6.07) is 10.6. The summed E-state index contributed by atoms with van der Waals surface area (Å²) in [5, 5.41) is 1.46. The average molecular weight is 279 g/mol. The van der Waals surface area contributed by atoms with Gasteiger partial charge in [0, 0.05) is 10.8 Å². The molecule has 5 heteroatoms. The van der Waals surface area contributed by atoms with Crippen LogP contribution in [0.2, 0.25) is 0 Å². The van der Waals surface area contributed by atoms with Gasteiger partial charge in [-0.2, -0.15) is 0 Å². The van der Waals surface area contributed by atoms with Crippen molar-refractivity contribution >= 4 is 20.8 Å². The highest BCUT2D eigenvalue weighted by Crippen LogP contribution is 2.31. The van der Waals surface area contributed by atoms with Crippen molar-refractivity contribution in [3.63, 3.8) is 0 Å². The van der Waals surface area contributed by atoms with Gasteiger partial charge in [-0.25, -0.2) is 13.1 Å². The van der Waals surface area contributed by atoms with E-state index in [1.54, 1.807) is 18.2 Å². The van der Waals surface area contributed by atoms with E-state index in [0.717, 1.165) is 5.39 Å². The van der Waals surface area contributed by atoms with E-state index in [0.29, 0.717) is 11.1 Å². The third kappa shape index (κ3) is 2.72. The highest BCUT2D eigenvalue weighted by atomic mass is 32.2. The van der Waals surface area contributed by atoms with Crippen LogP contribution < -0.4 is 9.46 Å². The fraction of sp³-hybridized carbons (Fsp3) is 0.286. The first kappa shape index (κ1) is 13.8. The van der Waals surface area contributed by atoms with Crippen LogP contribution in [0.3, 0.4) is 0 Å². The summed E-state index contributed by atoms with van der Waals surface area (Å²) in [4.78, 5) is 0.265. The van der Waals surface area contributed by atoms with Crippen molar-refractivity contribution in [2.75, 3.05) is 7.05 Å². The Morgan fingerprint density at radius 1 is 1.05 bits per heavy atom. The van der Waals surface area contributed by atoms with Crippen molar-refractivity contribution in [1.29, 1.82) is 0 Å². The molecule has 0 fully saturated rings. The fourth-order valence-electron chi connectivity index (χ4n) is 1.94. The van der Waals surface area contributed by atoms with Gasteiger partial charge in [0.25, 0.3) is 0 Å². The summed E-state index contributed by atoms with van der Waals surface area (Å²) < 4.78 is 32.0. The lowest BCUT2D eigenvalue weighted by atomic mass is 10.1. The van der Waals surface area contributed by atoms with Crippen molar-refractivity contribution in [2.24, 2.45) is 0 Å². The van der Waals surface area contributed by atoms with Crippen LogP contribution in [0, 0.1) is 0 Å². The monoisotopic (exact) mass is 279 g/mol. The van der Waals surface area contributed by atoms with E-state index in [1.165, 1.54) is 7.05 Å². The maximum Gasteiger partial charge on any atom is 0.240 e. The Labute approximate surface area is 113 Å². The molecule has 0 bridgehead atoms. The Hall–Kier alpha value is -1.59. The predicted octanol–water partition coefficient (Wildman–Crippen LogP) is 2.54. The van der Waals surface area contributed by atoms with E-state index in [1.807, 2.05) is 32.0 Å². The molecule has 0 aliphatic rings. The van der Waals surface area contributed by atoms with Gasteiger partial charge in [0.05, 0.1) is 11.0 Å². The lowest BCUT2D eigenvalue weighted by Crippen LogP contribution is -2.19.